The van der Waals surface area contributed by atoms with Gasteiger partial charge in [0.1, 0.15) is 0 Å². The molecular weight excluding hydrogens is 208 g/mol. The third-order valence-electron chi connectivity index (χ3n) is 3.79. The zero-order chi connectivity index (χ0) is 11.2. The number of hydrogen-bond donors (Lipinski definition) is 0. The van der Waals surface area contributed by atoms with Crippen LogP contribution in [0, 0.1) is 0 Å². The van der Waals surface area contributed by atoms with Gasteiger partial charge in [-0.05, 0) is 31.4 Å². The first-order chi connectivity index (χ1) is 8.43. The van der Waals surface area contributed by atoms with Gasteiger partial charge in [-0.1, -0.05) is 18.2 Å². The van der Waals surface area contributed by atoms with Gasteiger partial charge >= 0.3 is 0 Å². The highest BCUT2D eigenvalue weighted by Gasteiger charge is 2.19. The number of hydrogen-bond acceptors (Lipinski definition) is 1. The van der Waals surface area contributed by atoms with Gasteiger partial charge in [0, 0.05) is 29.4 Å². The molecule has 0 saturated carbocycles. The summed E-state index contributed by atoms with van der Waals surface area (Å²) in [5.41, 5.74) is 5.08. The van der Waals surface area contributed by atoms with Gasteiger partial charge < -0.3 is 4.57 Å². The van der Waals surface area contributed by atoms with E-state index in [1.165, 1.54) is 41.6 Å². The molecular formula is C15H14N2. The number of pyridine rings is 1. The van der Waals surface area contributed by atoms with E-state index in [-0.39, 0.29) is 0 Å². The summed E-state index contributed by atoms with van der Waals surface area (Å²) in [5.74, 6) is 0. The maximum Gasteiger partial charge on any atom is 0.0911 e. The molecule has 17 heavy (non-hydrogen) atoms. The van der Waals surface area contributed by atoms with Gasteiger partial charge in [-0.25, -0.2) is 4.98 Å². The number of benzene rings is 1. The summed E-state index contributed by atoms with van der Waals surface area (Å²) in [5, 5.41) is 1.29. The van der Waals surface area contributed by atoms with E-state index in [0.717, 1.165) is 12.1 Å². The van der Waals surface area contributed by atoms with E-state index in [0.29, 0.717) is 0 Å². The van der Waals surface area contributed by atoms with Gasteiger partial charge in [0.15, 0.2) is 0 Å². The molecule has 2 heteroatoms. The minimum Gasteiger partial charge on any atom is -0.350 e. The predicted molar refractivity (Wildman–Crippen MR) is 69.3 cm³/mol. The van der Waals surface area contributed by atoms with Crippen molar-refractivity contribution in [2.75, 3.05) is 0 Å². The molecule has 0 spiro atoms. The number of rotatable bonds is 0. The van der Waals surface area contributed by atoms with Crippen molar-refractivity contribution in [1.29, 1.82) is 0 Å². The quantitative estimate of drug-likeness (QED) is 0.569. The van der Waals surface area contributed by atoms with Gasteiger partial charge in [-0.2, -0.15) is 0 Å². The third-order valence-corrected chi connectivity index (χ3v) is 3.79. The Morgan fingerprint density at radius 1 is 1.06 bits per heavy atom. The van der Waals surface area contributed by atoms with E-state index in [2.05, 4.69) is 41.1 Å². The molecule has 1 aromatic rings. The fourth-order valence-electron chi connectivity index (χ4n) is 2.93. The van der Waals surface area contributed by atoms with Crippen LogP contribution >= 0.6 is 0 Å². The highest BCUT2D eigenvalue weighted by Crippen LogP contribution is 2.35. The van der Waals surface area contributed by atoms with Gasteiger partial charge in [0.2, 0.25) is 0 Å². The Morgan fingerprint density at radius 2 is 2.00 bits per heavy atom. The minimum atomic E-state index is 1.13. The summed E-state index contributed by atoms with van der Waals surface area (Å²) in [6.07, 6.45) is 5.98. The molecule has 0 radical (unpaired) electrons. The van der Waals surface area contributed by atoms with Crippen LogP contribution in [0.15, 0.2) is 36.5 Å². The van der Waals surface area contributed by atoms with E-state index in [1.807, 2.05) is 0 Å². The molecule has 0 aliphatic carbocycles. The van der Waals surface area contributed by atoms with Crippen molar-refractivity contribution < 1.29 is 0 Å². The maximum atomic E-state index is 4.81. The molecule has 0 unspecified atom stereocenters. The minimum absolute atomic E-state index is 1.13. The lowest BCUT2D eigenvalue weighted by molar-refractivity contribution is 0.525. The van der Waals surface area contributed by atoms with Crippen LogP contribution in [0.25, 0.3) is 22.2 Å². The van der Waals surface area contributed by atoms with Crippen LogP contribution in [0.4, 0.5) is 0 Å². The molecule has 0 fully saturated rings. The second-order valence-corrected chi connectivity index (χ2v) is 4.80. The Kier molecular flexibility index (Phi) is 1.81. The largest absolute Gasteiger partial charge is 0.350 e. The van der Waals surface area contributed by atoms with Crippen molar-refractivity contribution in [2.24, 2.45) is 0 Å². The van der Waals surface area contributed by atoms with Crippen LogP contribution < -0.4 is 0 Å². The Morgan fingerprint density at radius 3 is 3.00 bits per heavy atom. The average molecular weight is 222 g/mol. The fourth-order valence-corrected chi connectivity index (χ4v) is 2.93. The molecule has 0 aromatic heterocycles. The number of fused-ring (bicyclic) bond motifs is 5. The van der Waals surface area contributed by atoms with Crippen LogP contribution in [0.2, 0.25) is 0 Å². The lowest BCUT2D eigenvalue weighted by Crippen LogP contribution is -2.13. The number of aromatic nitrogens is 2. The van der Waals surface area contributed by atoms with Crippen LogP contribution in [0.1, 0.15) is 18.5 Å². The Hall–Kier alpha value is -1.83. The molecule has 3 heterocycles. The molecule has 2 nitrogen and oxygen atoms in total. The zero-order valence-electron chi connectivity index (χ0n) is 9.69. The second kappa shape index (κ2) is 3.33. The normalized spacial score (nSPS) is 15.3. The fraction of sp³-hybridized carbons (Fsp3) is 0.267. The molecule has 3 aliphatic heterocycles. The maximum absolute atomic E-state index is 4.81. The summed E-state index contributed by atoms with van der Waals surface area (Å²) in [7, 11) is 0. The highest BCUT2D eigenvalue weighted by atomic mass is 15.0. The SMILES string of the molecule is c1ccc2c3ccn4c(c-3nc2c1)CCCC4. The lowest BCUT2D eigenvalue weighted by atomic mass is 10.0. The van der Waals surface area contributed by atoms with E-state index in [1.54, 1.807) is 0 Å². The summed E-state index contributed by atoms with van der Waals surface area (Å²) in [6, 6.07) is 10.7. The van der Waals surface area contributed by atoms with Crippen molar-refractivity contribution in [2.45, 2.75) is 25.8 Å². The number of aryl methyl sites for hydroxylation is 1. The highest BCUT2D eigenvalue weighted by molar-refractivity contribution is 5.97. The average Bonchev–Trinajstić information content (AvgIpc) is 2.78. The molecule has 0 N–H and O–H groups in total. The molecule has 0 atom stereocenters. The molecule has 0 amide bonds. The van der Waals surface area contributed by atoms with E-state index in [4.69, 9.17) is 4.98 Å². The van der Waals surface area contributed by atoms with Crippen molar-refractivity contribution in [1.82, 2.24) is 9.55 Å². The topological polar surface area (TPSA) is 17.8 Å². The Bertz CT molecular complexity index is 666. The monoisotopic (exact) mass is 222 g/mol. The molecule has 4 rings (SSSR count). The van der Waals surface area contributed by atoms with Crippen molar-refractivity contribution in [3.63, 3.8) is 0 Å². The lowest BCUT2D eigenvalue weighted by Gasteiger charge is -2.21. The second-order valence-electron chi connectivity index (χ2n) is 4.80. The van der Waals surface area contributed by atoms with Gasteiger partial charge in [0.25, 0.3) is 0 Å². The van der Waals surface area contributed by atoms with E-state index in [9.17, 15) is 0 Å². The number of para-hydroxylation sites is 1. The van der Waals surface area contributed by atoms with Crippen molar-refractivity contribution >= 4 is 10.9 Å². The van der Waals surface area contributed by atoms with Gasteiger partial charge in [-0.3, -0.25) is 0 Å². The Labute approximate surface area is 100 Å². The smallest absolute Gasteiger partial charge is 0.0911 e. The van der Waals surface area contributed by atoms with Crippen LogP contribution in [-0.2, 0) is 13.0 Å². The molecule has 0 bridgehead atoms. The predicted octanol–water partition coefficient (Wildman–Crippen LogP) is 3.48. The van der Waals surface area contributed by atoms with Crippen LogP contribution in [-0.4, -0.2) is 9.55 Å². The summed E-state index contributed by atoms with van der Waals surface area (Å²) in [4.78, 5) is 4.81. The molecule has 84 valence electrons. The molecule has 0 saturated heterocycles. The zero-order valence-corrected chi connectivity index (χ0v) is 9.69. The molecule has 1 aromatic carbocycles. The van der Waals surface area contributed by atoms with E-state index >= 15 is 0 Å². The van der Waals surface area contributed by atoms with Crippen molar-refractivity contribution in [3.8, 4) is 11.3 Å². The molecule has 3 aliphatic rings. The van der Waals surface area contributed by atoms with Gasteiger partial charge in [0.05, 0.1) is 11.2 Å². The first kappa shape index (κ1) is 9.23. The number of nitrogens with zero attached hydrogens (tertiary/aromatic N) is 2. The van der Waals surface area contributed by atoms with Crippen molar-refractivity contribution in [3.05, 3.63) is 42.2 Å². The Balaban J connectivity index is 2.11. The first-order valence-electron chi connectivity index (χ1n) is 6.30. The van der Waals surface area contributed by atoms with Crippen LogP contribution in [0.5, 0.6) is 0 Å². The standard InChI is InChI=1S/C15H14N2/c1-2-6-13-11(5-1)12-8-10-17-9-4-3-7-14(17)15(12)16-13/h1-2,5-6,8,10H,3-4,7,9H2. The summed E-state index contributed by atoms with van der Waals surface area (Å²) in [6.45, 7) is 1.15. The first-order valence-corrected chi connectivity index (χ1v) is 6.30. The summed E-state index contributed by atoms with van der Waals surface area (Å²) >= 11 is 0. The third kappa shape index (κ3) is 1.24. The van der Waals surface area contributed by atoms with Gasteiger partial charge in [-0.15, -0.1) is 0 Å². The van der Waals surface area contributed by atoms with E-state index < -0.39 is 0 Å². The van der Waals surface area contributed by atoms with Crippen LogP contribution in [0.3, 0.4) is 0 Å². The summed E-state index contributed by atoms with van der Waals surface area (Å²) < 4.78 is 2.37.